The van der Waals surface area contributed by atoms with Crippen LogP contribution in [0.25, 0.3) is 0 Å². The van der Waals surface area contributed by atoms with Gasteiger partial charge in [0.1, 0.15) is 0 Å². The van der Waals surface area contributed by atoms with E-state index in [1.165, 1.54) is 0 Å². The molecule has 0 aliphatic carbocycles. The molecule has 70 valence electrons. The number of carbonyl (C=O) groups is 1. The summed E-state index contributed by atoms with van der Waals surface area (Å²) in [7, 11) is 0. The van der Waals surface area contributed by atoms with Crippen LogP contribution in [-0.2, 0) is 9.53 Å². The van der Waals surface area contributed by atoms with Crippen molar-refractivity contribution >= 4 is 5.97 Å². The predicted octanol–water partition coefficient (Wildman–Crippen LogP) is -0.338. The summed E-state index contributed by atoms with van der Waals surface area (Å²) in [6.07, 6.45) is 0.436. The van der Waals surface area contributed by atoms with Crippen LogP contribution in [-0.4, -0.2) is 35.9 Å². The Morgan fingerprint density at radius 2 is 2.50 bits per heavy atom. The Kier molecular flexibility index (Phi) is 2.69. The molecule has 2 unspecified atom stereocenters. The lowest BCUT2D eigenvalue weighted by Gasteiger charge is -2.18. The fourth-order valence-electron chi connectivity index (χ4n) is 1.41. The van der Waals surface area contributed by atoms with Crippen LogP contribution in [0.1, 0.15) is 20.3 Å². The van der Waals surface area contributed by atoms with E-state index in [0.29, 0.717) is 19.6 Å². The standard InChI is InChI=1S/C8H15NO3/c1-3-12-7(10)8(11)4-6(2)9-5-8/h6,9,11H,3-5H2,1-2H3. The van der Waals surface area contributed by atoms with Gasteiger partial charge in [0.05, 0.1) is 6.61 Å². The first-order valence-electron chi connectivity index (χ1n) is 4.21. The van der Waals surface area contributed by atoms with Gasteiger partial charge in [-0.3, -0.25) is 0 Å². The second-order valence-electron chi connectivity index (χ2n) is 3.24. The summed E-state index contributed by atoms with van der Waals surface area (Å²) in [6, 6.07) is 0.180. The Hall–Kier alpha value is -0.610. The van der Waals surface area contributed by atoms with Crippen molar-refractivity contribution in [1.29, 1.82) is 0 Å². The monoisotopic (exact) mass is 173 g/mol. The minimum Gasteiger partial charge on any atom is -0.464 e. The van der Waals surface area contributed by atoms with E-state index in [1.54, 1.807) is 6.92 Å². The average Bonchev–Trinajstić information content (AvgIpc) is 2.33. The van der Waals surface area contributed by atoms with Gasteiger partial charge in [-0.05, 0) is 13.8 Å². The Balaban J connectivity index is 2.54. The van der Waals surface area contributed by atoms with E-state index in [-0.39, 0.29) is 6.04 Å². The number of ether oxygens (including phenoxy) is 1. The maximum Gasteiger partial charge on any atom is 0.339 e. The van der Waals surface area contributed by atoms with Crippen LogP contribution in [0.5, 0.6) is 0 Å². The smallest absolute Gasteiger partial charge is 0.339 e. The number of hydrogen-bond donors (Lipinski definition) is 2. The first kappa shape index (κ1) is 9.48. The summed E-state index contributed by atoms with van der Waals surface area (Å²) in [5.41, 5.74) is -1.30. The molecule has 0 spiro atoms. The lowest BCUT2D eigenvalue weighted by Crippen LogP contribution is -2.42. The van der Waals surface area contributed by atoms with Crippen LogP contribution in [0.2, 0.25) is 0 Å². The second-order valence-corrected chi connectivity index (χ2v) is 3.24. The SMILES string of the molecule is CCOC(=O)C1(O)CNC(C)C1. The van der Waals surface area contributed by atoms with Crippen molar-refractivity contribution in [1.82, 2.24) is 5.32 Å². The number of aliphatic hydroxyl groups is 1. The zero-order valence-electron chi connectivity index (χ0n) is 7.46. The highest BCUT2D eigenvalue weighted by molar-refractivity contribution is 5.80. The Morgan fingerprint density at radius 3 is 2.92 bits per heavy atom. The summed E-state index contributed by atoms with van der Waals surface area (Å²) in [5, 5.41) is 12.7. The number of carbonyl (C=O) groups excluding carboxylic acids is 1. The number of nitrogens with one attached hydrogen (secondary N) is 1. The third-order valence-electron chi connectivity index (χ3n) is 2.04. The van der Waals surface area contributed by atoms with Gasteiger partial charge in [0, 0.05) is 19.0 Å². The highest BCUT2D eigenvalue weighted by Crippen LogP contribution is 2.20. The van der Waals surface area contributed by atoms with E-state index in [2.05, 4.69) is 5.32 Å². The van der Waals surface area contributed by atoms with Crippen molar-refractivity contribution < 1.29 is 14.6 Å². The number of rotatable bonds is 2. The van der Waals surface area contributed by atoms with Gasteiger partial charge in [-0.1, -0.05) is 0 Å². The molecule has 4 heteroatoms. The first-order valence-corrected chi connectivity index (χ1v) is 4.21. The molecule has 12 heavy (non-hydrogen) atoms. The van der Waals surface area contributed by atoms with Gasteiger partial charge < -0.3 is 15.2 Å². The van der Waals surface area contributed by atoms with Crippen molar-refractivity contribution in [2.75, 3.05) is 13.2 Å². The summed E-state index contributed by atoms with van der Waals surface area (Å²) in [5.74, 6) is -0.512. The molecule has 0 amide bonds. The number of β-amino-alcohol motifs (C(OH)–C–C–N with tert-alkyl or cyclic N) is 1. The molecule has 0 saturated carbocycles. The maximum absolute atomic E-state index is 11.2. The molecule has 1 aliphatic heterocycles. The maximum atomic E-state index is 11.2. The van der Waals surface area contributed by atoms with Gasteiger partial charge in [-0.15, -0.1) is 0 Å². The molecule has 0 aromatic heterocycles. The molecule has 1 aliphatic rings. The lowest BCUT2D eigenvalue weighted by atomic mass is 10.0. The molecular weight excluding hydrogens is 158 g/mol. The quantitative estimate of drug-likeness (QED) is 0.561. The van der Waals surface area contributed by atoms with E-state index in [4.69, 9.17) is 4.74 Å². The normalized spacial score (nSPS) is 35.1. The van der Waals surface area contributed by atoms with Gasteiger partial charge in [-0.25, -0.2) is 4.79 Å². The summed E-state index contributed by atoms with van der Waals surface area (Å²) < 4.78 is 4.75. The molecule has 0 radical (unpaired) electrons. The van der Waals surface area contributed by atoms with Gasteiger partial charge in [0.2, 0.25) is 0 Å². The fourth-order valence-corrected chi connectivity index (χ4v) is 1.41. The van der Waals surface area contributed by atoms with Crippen LogP contribution in [0.15, 0.2) is 0 Å². The van der Waals surface area contributed by atoms with Crippen LogP contribution >= 0.6 is 0 Å². The van der Waals surface area contributed by atoms with Crippen molar-refractivity contribution in [3.8, 4) is 0 Å². The van der Waals surface area contributed by atoms with Crippen molar-refractivity contribution in [2.45, 2.75) is 31.9 Å². The fraction of sp³-hybridized carbons (Fsp3) is 0.875. The molecule has 4 nitrogen and oxygen atoms in total. The van der Waals surface area contributed by atoms with E-state index in [0.717, 1.165) is 0 Å². The molecule has 0 bridgehead atoms. The number of hydrogen-bond acceptors (Lipinski definition) is 4. The van der Waals surface area contributed by atoms with E-state index in [9.17, 15) is 9.90 Å². The highest BCUT2D eigenvalue weighted by atomic mass is 16.5. The Labute approximate surface area is 71.9 Å². The minimum atomic E-state index is -1.30. The highest BCUT2D eigenvalue weighted by Gasteiger charge is 2.43. The Morgan fingerprint density at radius 1 is 1.83 bits per heavy atom. The van der Waals surface area contributed by atoms with Crippen LogP contribution in [0.4, 0.5) is 0 Å². The topological polar surface area (TPSA) is 58.6 Å². The van der Waals surface area contributed by atoms with Crippen LogP contribution in [0.3, 0.4) is 0 Å². The van der Waals surface area contributed by atoms with Crippen molar-refractivity contribution in [2.24, 2.45) is 0 Å². The largest absolute Gasteiger partial charge is 0.464 e. The third-order valence-corrected chi connectivity index (χ3v) is 2.04. The molecule has 0 aromatic carbocycles. The number of esters is 1. The van der Waals surface area contributed by atoms with Crippen LogP contribution in [0, 0.1) is 0 Å². The summed E-state index contributed by atoms with van der Waals surface area (Å²) in [6.45, 7) is 4.27. The van der Waals surface area contributed by atoms with Crippen molar-refractivity contribution in [3.63, 3.8) is 0 Å². The molecule has 2 N–H and O–H groups in total. The van der Waals surface area contributed by atoms with Gasteiger partial charge in [0.25, 0.3) is 0 Å². The predicted molar refractivity (Wildman–Crippen MR) is 43.7 cm³/mol. The lowest BCUT2D eigenvalue weighted by molar-refractivity contribution is -0.162. The molecule has 1 heterocycles. The van der Waals surface area contributed by atoms with Gasteiger partial charge in [-0.2, -0.15) is 0 Å². The van der Waals surface area contributed by atoms with E-state index < -0.39 is 11.6 Å². The van der Waals surface area contributed by atoms with Gasteiger partial charge in [0.15, 0.2) is 5.60 Å². The second kappa shape index (κ2) is 3.41. The zero-order chi connectivity index (χ0) is 9.19. The van der Waals surface area contributed by atoms with Crippen LogP contribution < -0.4 is 5.32 Å². The Bertz CT molecular complexity index is 183. The first-order chi connectivity index (χ1) is 5.58. The molecule has 1 saturated heterocycles. The molecule has 2 atom stereocenters. The summed E-state index contributed by atoms with van der Waals surface area (Å²) >= 11 is 0. The minimum absolute atomic E-state index is 0.180. The molecule has 0 aromatic rings. The van der Waals surface area contributed by atoms with Crippen molar-refractivity contribution in [3.05, 3.63) is 0 Å². The third kappa shape index (κ3) is 1.76. The van der Waals surface area contributed by atoms with E-state index >= 15 is 0 Å². The average molecular weight is 173 g/mol. The van der Waals surface area contributed by atoms with Gasteiger partial charge >= 0.3 is 5.97 Å². The zero-order valence-corrected chi connectivity index (χ0v) is 7.46. The molecule has 1 rings (SSSR count). The molecule has 1 fully saturated rings. The van der Waals surface area contributed by atoms with E-state index in [1.807, 2.05) is 6.92 Å². The summed E-state index contributed by atoms with van der Waals surface area (Å²) in [4.78, 5) is 11.2. The molecular formula is C8H15NO3.